The van der Waals surface area contributed by atoms with Crippen LogP contribution < -0.4 is 0 Å². The van der Waals surface area contributed by atoms with Crippen molar-refractivity contribution in [2.45, 2.75) is 12.3 Å². The Bertz CT molecular complexity index is 507. The Morgan fingerprint density at radius 1 is 1.19 bits per heavy atom. The Morgan fingerprint density at radius 3 is 2.56 bits per heavy atom. The minimum absolute atomic E-state index is 0.0921. The fourth-order valence-electron chi connectivity index (χ4n) is 1.48. The van der Waals surface area contributed by atoms with E-state index in [1.54, 1.807) is 11.3 Å². The lowest BCUT2D eigenvalue weighted by molar-refractivity contribution is 1.15. The summed E-state index contributed by atoms with van der Waals surface area (Å²) < 4.78 is 2.21. The normalized spacial score (nSPS) is 12.8. The Balaban J connectivity index is 2.41. The van der Waals surface area contributed by atoms with E-state index in [1.807, 2.05) is 12.1 Å². The van der Waals surface area contributed by atoms with Gasteiger partial charge in [0, 0.05) is 9.35 Å². The number of rotatable bonds is 2. The second-order valence-corrected chi connectivity index (χ2v) is 7.21. The molecule has 0 aliphatic carbocycles. The van der Waals surface area contributed by atoms with Gasteiger partial charge in [-0.05, 0) is 46.1 Å². The van der Waals surface area contributed by atoms with E-state index in [9.17, 15) is 0 Å². The molecule has 1 unspecified atom stereocenters. The van der Waals surface area contributed by atoms with E-state index in [0.29, 0.717) is 0 Å². The van der Waals surface area contributed by atoms with Gasteiger partial charge in [0.25, 0.3) is 0 Å². The summed E-state index contributed by atoms with van der Waals surface area (Å²) in [5.41, 5.74) is 2.33. The average Bonchev–Trinajstić information content (AvgIpc) is 2.68. The number of halogens is 3. The maximum Gasteiger partial charge on any atom is 0.0939 e. The summed E-state index contributed by atoms with van der Waals surface area (Å²) in [6.45, 7) is 2.07. The first-order chi connectivity index (χ1) is 7.59. The largest absolute Gasteiger partial charge is 0.131 e. The molecule has 2 aromatic rings. The highest BCUT2D eigenvalue weighted by Gasteiger charge is 2.16. The van der Waals surface area contributed by atoms with Crippen molar-refractivity contribution < 1.29 is 0 Å². The highest BCUT2D eigenvalue weighted by atomic mass is 79.9. The number of alkyl halides is 1. The third kappa shape index (κ3) is 2.53. The second kappa shape index (κ2) is 5.21. The van der Waals surface area contributed by atoms with E-state index in [1.165, 1.54) is 5.56 Å². The molecule has 0 radical (unpaired) electrons. The molecular formula is C12H9Br2ClS. The van der Waals surface area contributed by atoms with Crippen molar-refractivity contribution in [2.24, 2.45) is 0 Å². The molecule has 0 saturated heterocycles. The van der Waals surface area contributed by atoms with Crippen LogP contribution in [0.3, 0.4) is 0 Å². The van der Waals surface area contributed by atoms with Crippen molar-refractivity contribution in [1.82, 2.24) is 0 Å². The zero-order valence-electron chi connectivity index (χ0n) is 8.51. The number of aryl methyl sites for hydroxylation is 1. The van der Waals surface area contributed by atoms with Crippen LogP contribution in [0.5, 0.6) is 0 Å². The van der Waals surface area contributed by atoms with Crippen molar-refractivity contribution in [1.29, 1.82) is 0 Å². The Kier molecular flexibility index (Phi) is 4.11. The van der Waals surface area contributed by atoms with Crippen molar-refractivity contribution >= 4 is 54.8 Å². The van der Waals surface area contributed by atoms with Gasteiger partial charge >= 0.3 is 0 Å². The molecule has 84 valence electrons. The molecule has 0 nitrogen and oxygen atoms in total. The molecule has 0 aliphatic heterocycles. The van der Waals surface area contributed by atoms with Gasteiger partial charge in [-0.1, -0.05) is 34.1 Å². The first kappa shape index (κ1) is 12.6. The lowest BCUT2D eigenvalue weighted by atomic mass is 10.1. The van der Waals surface area contributed by atoms with Crippen LogP contribution in [0.25, 0.3) is 0 Å². The smallest absolute Gasteiger partial charge is 0.0939 e. The number of benzene rings is 1. The SMILES string of the molecule is Cc1cccc(C(Cl)c2ccc(Br)s2)c1Br. The summed E-state index contributed by atoms with van der Waals surface area (Å²) in [5.74, 6) is 0. The highest BCUT2D eigenvalue weighted by Crippen LogP contribution is 2.39. The second-order valence-electron chi connectivity index (χ2n) is 3.48. The minimum atomic E-state index is -0.0921. The first-order valence-corrected chi connectivity index (χ1v) is 7.58. The van der Waals surface area contributed by atoms with E-state index >= 15 is 0 Å². The fraction of sp³-hybridized carbons (Fsp3) is 0.167. The molecule has 0 N–H and O–H groups in total. The lowest BCUT2D eigenvalue weighted by Gasteiger charge is -2.11. The summed E-state index contributed by atoms with van der Waals surface area (Å²) >= 11 is 15.2. The van der Waals surface area contributed by atoms with Crippen LogP contribution in [0.15, 0.2) is 38.6 Å². The molecular weight excluding hydrogens is 371 g/mol. The molecule has 2 rings (SSSR count). The van der Waals surface area contributed by atoms with Gasteiger partial charge in [0.1, 0.15) is 0 Å². The maximum absolute atomic E-state index is 6.48. The highest BCUT2D eigenvalue weighted by molar-refractivity contribution is 9.11. The summed E-state index contributed by atoms with van der Waals surface area (Å²) in [5, 5.41) is -0.0921. The Morgan fingerprint density at radius 2 is 1.94 bits per heavy atom. The van der Waals surface area contributed by atoms with E-state index in [2.05, 4.69) is 57.0 Å². The lowest BCUT2D eigenvalue weighted by Crippen LogP contribution is -1.93. The maximum atomic E-state index is 6.48. The fourth-order valence-corrected chi connectivity index (χ4v) is 3.92. The van der Waals surface area contributed by atoms with E-state index in [0.717, 1.165) is 18.7 Å². The van der Waals surface area contributed by atoms with E-state index in [-0.39, 0.29) is 5.38 Å². The van der Waals surface area contributed by atoms with Crippen LogP contribution in [-0.2, 0) is 0 Å². The van der Waals surface area contributed by atoms with Crippen LogP contribution in [0, 0.1) is 6.92 Å². The molecule has 0 saturated carbocycles. The molecule has 0 aliphatic rings. The van der Waals surface area contributed by atoms with Gasteiger partial charge < -0.3 is 0 Å². The van der Waals surface area contributed by atoms with E-state index in [4.69, 9.17) is 11.6 Å². The molecule has 1 atom stereocenters. The molecule has 1 aromatic heterocycles. The molecule has 16 heavy (non-hydrogen) atoms. The van der Waals surface area contributed by atoms with Crippen LogP contribution in [0.2, 0.25) is 0 Å². The van der Waals surface area contributed by atoms with E-state index < -0.39 is 0 Å². The van der Waals surface area contributed by atoms with Crippen LogP contribution in [0.4, 0.5) is 0 Å². The topological polar surface area (TPSA) is 0 Å². The third-order valence-electron chi connectivity index (χ3n) is 2.34. The predicted octanol–water partition coefficient (Wildman–Crippen LogP) is 5.91. The molecule has 0 bridgehead atoms. The monoisotopic (exact) mass is 378 g/mol. The summed E-state index contributed by atoms with van der Waals surface area (Å²) in [7, 11) is 0. The number of hydrogen-bond donors (Lipinski definition) is 0. The molecule has 4 heteroatoms. The standard InChI is InChI=1S/C12H9Br2ClS/c1-7-3-2-4-8(11(7)14)12(15)9-5-6-10(13)16-9/h2-6,12H,1H3. The van der Waals surface area contributed by atoms with Gasteiger partial charge in [0.2, 0.25) is 0 Å². The van der Waals surface area contributed by atoms with Crippen molar-refractivity contribution in [3.63, 3.8) is 0 Å². The third-order valence-corrected chi connectivity index (χ3v) is 5.71. The molecule has 0 amide bonds. The summed E-state index contributed by atoms with van der Waals surface area (Å²) in [6, 6.07) is 10.2. The summed E-state index contributed by atoms with van der Waals surface area (Å²) in [6.07, 6.45) is 0. The molecule has 1 heterocycles. The van der Waals surface area contributed by atoms with Crippen molar-refractivity contribution in [2.75, 3.05) is 0 Å². The molecule has 0 spiro atoms. The number of hydrogen-bond acceptors (Lipinski definition) is 1. The quantitative estimate of drug-likeness (QED) is 0.568. The van der Waals surface area contributed by atoms with Gasteiger partial charge in [-0.25, -0.2) is 0 Å². The van der Waals surface area contributed by atoms with Gasteiger partial charge in [-0.15, -0.1) is 22.9 Å². The van der Waals surface area contributed by atoms with Crippen molar-refractivity contribution in [3.8, 4) is 0 Å². The van der Waals surface area contributed by atoms with Crippen LogP contribution in [0.1, 0.15) is 21.4 Å². The zero-order chi connectivity index (χ0) is 11.7. The summed E-state index contributed by atoms with van der Waals surface area (Å²) in [4.78, 5) is 1.15. The average molecular weight is 381 g/mol. The number of thiophene rings is 1. The predicted molar refractivity (Wildman–Crippen MR) is 78.6 cm³/mol. The van der Waals surface area contributed by atoms with Gasteiger partial charge in [0.05, 0.1) is 9.16 Å². The Hall–Kier alpha value is 0.170. The molecule has 0 fully saturated rings. The van der Waals surface area contributed by atoms with Crippen LogP contribution >= 0.6 is 54.8 Å². The van der Waals surface area contributed by atoms with Gasteiger partial charge in [0.15, 0.2) is 0 Å². The van der Waals surface area contributed by atoms with Crippen molar-refractivity contribution in [3.05, 3.63) is 54.6 Å². The van der Waals surface area contributed by atoms with Crippen LogP contribution in [-0.4, -0.2) is 0 Å². The minimum Gasteiger partial charge on any atom is -0.131 e. The molecule has 1 aromatic carbocycles. The zero-order valence-corrected chi connectivity index (χ0v) is 13.3. The first-order valence-electron chi connectivity index (χ1n) is 4.74. The van der Waals surface area contributed by atoms with Gasteiger partial charge in [-0.3, -0.25) is 0 Å². The Labute approximate surface area is 121 Å². The van der Waals surface area contributed by atoms with Gasteiger partial charge in [-0.2, -0.15) is 0 Å².